The molecule has 0 aliphatic carbocycles. The largest absolute Gasteiger partial charge is 0.338 e. The molecular formula is C26H24N4O2. The lowest BCUT2D eigenvalue weighted by atomic mass is 10.1. The Balaban J connectivity index is 1.28. The molecular weight excluding hydrogens is 400 g/mol. The first-order chi connectivity index (χ1) is 15.5. The van der Waals surface area contributed by atoms with Crippen molar-refractivity contribution in [3.63, 3.8) is 0 Å². The third-order valence-corrected chi connectivity index (χ3v) is 5.79. The number of fused-ring (bicyclic) bond motifs is 1. The van der Waals surface area contributed by atoms with Crippen molar-refractivity contribution in [2.45, 2.75) is 26.3 Å². The highest BCUT2D eigenvalue weighted by molar-refractivity contribution is 6.04. The minimum atomic E-state index is -0.171. The van der Waals surface area contributed by atoms with Crippen LogP contribution in [0.1, 0.15) is 34.3 Å². The first-order valence-corrected chi connectivity index (χ1v) is 10.8. The molecule has 0 bridgehead atoms. The molecule has 0 unspecified atom stereocenters. The van der Waals surface area contributed by atoms with Gasteiger partial charge in [-0.05, 0) is 60.9 Å². The lowest BCUT2D eigenvalue weighted by molar-refractivity contribution is -0.128. The number of imidazole rings is 1. The Morgan fingerprint density at radius 1 is 1.09 bits per heavy atom. The summed E-state index contributed by atoms with van der Waals surface area (Å²) in [4.78, 5) is 31.2. The number of hydrogen-bond donors (Lipinski definition) is 1. The summed E-state index contributed by atoms with van der Waals surface area (Å²) < 4.78 is 2.00. The molecule has 0 saturated carbocycles. The Morgan fingerprint density at radius 2 is 1.94 bits per heavy atom. The van der Waals surface area contributed by atoms with E-state index < -0.39 is 0 Å². The van der Waals surface area contributed by atoms with Crippen molar-refractivity contribution in [1.29, 1.82) is 0 Å². The number of nitrogens with zero attached hydrogens (tertiary/aromatic N) is 3. The molecule has 2 aromatic heterocycles. The number of amides is 2. The Morgan fingerprint density at radius 3 is 2.72 bits per heavy atom. The lowest BCUT2D eigenvalue weighted by Gasteiger charge is -2.16. The molecule has 0 spiro atoms. The van der Waals surface area contributed by atoms with Crippen LogP contribution in [0.3, 0.4) is 0 Å². The predicted molar refractivity (Wildman–Crippen MR) is 124 cm³/mol. The third-order valence-electron chi connectivity index (χ3n) is 5.79. The highest BCUT2D eigenvalue weighted by Gasteiger charge is 2.20. The molecule has 3 heterocycles. The third kappa shape index (κ3) is 4.12. The average Bonchev–Trinajstić information content (AvgIpc) is 3.40. The van der Waals surface area contributed by atoms with Crippen LogP contribution < -0.4 is 5.32 Å². The van der Waals surface area contributed by atoms with Crippen molar-refractivity contribution in [2.24, 2.45) is 0 Å². The van der Waals surface area contributed by atoms with Gasteiger partial charge in [-0.15, -0.1) is 0 Å². The van der Waals surface area contributed by atoms with Gasteiger partial charge in [-0.1, -0.05) is 24.3 Å². The molecule has 4 aromatic rings. The molecule has 6 nitrogen and oxygen atoms in total. The lowest BCUT2D eigenvalue weighted by Crippen LogP contribution is -2.24. The molecule has 5 rings (SSSR count). The van der Waals surface area contributed by atoms with Gasteiger partial charge in [0.15, 0.2) is 0 Å². The van der Waals surface area contributed by atoms with Gasteiger partial charge in [0.25, 0.3) is 5.91 Å². The molecule has 1 N–H and O–H groups in total. The molecule has 160 valence electrons. The van der Waals surface area contributed by atoms with Crippen LogP contribution in [-0.4, -0.2) is 32.6 Å². The fourth-order valence-electron chi connectivity index (χ4n) is 4.05. The second-order valence-corrected chi connectivity index (χ2v) is 8.25. The first-order valence-electron chi connectivity index (χ1n) is 10.8. The molecule has 0 radical (unpaired) electrons. The van der Waals surface area contributed by atoms with Crippen molar-refractivity contribution in [3.05, 3.63) is 89.7 Å². The van der Waals surface area contributed by atoms with Crippen LogP contribution in [0, 0.1) is 6.92 Å². The van der Waals surface area contributed by atoms with Gasteiger partial charge in [-0.2, -0.15) is 0 Å². The van der Waals surface area contributed by atoms with Crippen LogP contribution in [0.4, 0.5) is 5.69 Å². The van der Waals surface area contributed by atoms with Gasteiger partial charge in [-0.3, -0.25) is 9.59 Å². The molecule has 1 aliphatic heterocycles. The number of carbonyl (C=O) groups excluding carboxylic acids is 2. The monoisotopic (exact) mass is 424 g/mol. The van der Waals surface area contributed by atoms with E-state index in [-0.39, 0.29) is 11.8 Å². The SMILES string of the molecule is Cc1ccn2cc(-c3ccc(NC(=O)c4cccc(CN5CCCC5=O)c4)cc3)nc2c1. The summed E-state index contributed by atoms with van der Waals surface area (Å²) in [6.45, 7) is 3.38. The number of pyridine rings is 1. The van der Waals surface area contributed by atoms with Crippen molar-refractivity contribution in [3.8, 4) is 11.3 Å². The summed E-state index contributed by atoms with van der Waals surface area (Å²) in [5, 5.41) is 2.96. The summed E-state index contributed by atoms with van der Waals surface area (Å²) in [6.07, 6.45) is 5.52. The summed E-state index contributed by atoms with van der Waals surface area (Å²) in [5.41, 5.74) is 6.22. The van der Waals surface area contributed by atoms with E-state index >= 15 is 0 Å². The fraction of sp³-hybridized carbons (Fsp3) is 0.192. The van der Waals surface area contributed by atoms with Crippen LogP contribution in [0.5, 0.6) is 0 Å². The molecule has 6 heteroatoms. The number of aromatic nitrogens is 2. The number of anilines is 1. The zero-order chi connectivity index (χ0) is 22.1. The van der Waals surface area contributed by atoms with Crippen LogP contribution in [0.15, 0.2) is 73.1 Å². The summed E-state index contributed by atoms with van der Waals surface area (Å²) in [6, 6.07) is 19.2. The number of rotatable bonds is 5. The van der Waals surface area contributed by atoms with E-state index in [1.807, 2.05) is 77.1 Å². The van der Waals surface area contributed by atoms with E-state index in [2.05, 4.69) is 16.4 Å². The predicted octanol–water partition coefficient (Wildman–Crippen LogP) is 4.68. The van der Waals surface area contributed by atoms with Gasteiger partial charge in [0.05, 0.1) is 5.69 Å². The Kier molecular flexibility index (Phi) is 5.19. The van der Waals surface area contributed by atoms with E-state index in [0.717, 1.165) is 41.1 Å². The zero-order valence-electron chi connectivity index (χ0n) is 17.9. The van der Waals surface area contributed by atoms with Crippen LogP contribution >= 0.6 is 0 Å². The Bertz CT molecular complexity index is 1310. The minimum absolute atomic E-state index is 0.171. The van der Waals surface area contributed by atoms with Crippen molar-refractivity contribution in [2.75, 3.05) is 11.9 Å². The minimum Gasteiger partial charge on any atom is -0.338 e. The van der Waals surface area contributed by atoms with Crippen LogP contribution in [0.2, 0.25) is 0 Å². The van der Waals surface area contributed by atoms with Gasteiger partial charge in [0, 0.05) is 48.7 Å². The maximum absolute atomic E-state index is 12.8. The van der Waals surface area contributed by atoms with Crippen LogP contribution in [0.25, 0.3) is 16.9 Å². The maximum Gasteiger partial charge on any atom is 0.255 e. The first kappa shape index (κ1) is 20.0. The van der Waals surface area contributed by atoms with E-state index in [1.165, 1.54) is 5.56 Å². The molecule has 1 saturated heterocycles. The number of likely N-dealkylation sites (tertiary alicyclic amines) is 1. The van der Waals surface area contributed by atoms with E-state index in [9.17, 15) is 9.59 Å². The molecule has 2 aromatic carbocycles. The van der Waals surface area contributed by atoms with E-state index in [1.54, 1.807) is 6.07 Å². The number of hydrogen-bond acceptors (Lipinski definition) is 3. The summed E-state index contributed by atoms with van der Waals surface area (Å²) in [5.74, 6) is 0.0104. The van der Waals surface area contributed by atoms with Crippen molar-refractivity contribution >= 4 is 23.1 Å². The Hall–Kier alpha value is -3.93. The highest BCUT2D eigenvalue weighted by Crippen LogP contribution is 2.22. The highest BCUT2D eigenvalue weighted by atomic mass is 16.2. The molecule has 0 atom stereocenters. The van der Waals surface area contributed by atoms with Gasteiger partial charge < -0.3 is 14.6 Å². The summed E-state index contributed by atoms with van der Waals surface area (Å²) in [7, 11) is 0. The smallest absolute Gasteiger partial charge is 0.255 e. The quantitative estimate of drug-likeness (QED) is 0.506. The van der Waals surface area contributed by atoms with Gasteiger partial charge in [-0.25, -0.2) is 4.98 Å². The fourth-order valence-corrected chi connectivity index (χ4v) is 4.05. The molecule has 1 aliphatic rings. The molecule has 1 fully saturated rings. The molecule has 32 heavy (non-hydrogen) atoms. The number of carbonyl (C=O) groups is 2. The maximum atomic E-state index is 12.8. The van der Waals surface area contributed by atoms with Crippen LogP contribution in [-0.2, 0) is 11.3 Å². The normalized spacial score (nSPS) is 13.7. The number of aryl methyl sites for hydroxylation is 1. The average molecular weight is 425 g/mol. The summed E-state index contributed by atoms with van der Waals surface area (Å²) >= 11 is 0. The van der Waals surface area contributed by atoms with Gasteiger partial charge in [0.2, 0.25) is 5.91 Å². The van der Waals surface area contributed by atoms with E-state index in [4.69, 9.17) is 0 Å². The second-order valence-electron chi connectivity index (χ2n) is 8.25. The van der Waals surface area contributed by atoms with E-state index in [0.29, 0.717) is 18.5 Å². The number of benzene rings is 2. The van der Waals surface area contributed by atoms with Gasteiger partial charge in [0.1, 0.15) is 5.65 Å². The standard InChI is InChI=1S/C26H24N4O2/c1-18-11-13-29-17-23(28-24(29)14-18)20-7-9-22(10-8-20)27-26(32)21-5-2-4-19(15-21)16-30-12-3-6-25(30)31/h2,4-5,7-11,13-15,17H,3,6,12,16H2,1H3,(H,27,32). The van der Waals surface area contributed by atoms with Crippen molar-refractivity contribution in [1.82, 2.24) is 14.3 Å². The van der Waals surface area contributed by atoms with Gasteiger partial charge >= 0.3 is 0 Å². The number of nitrogens with one attached hydrogen (secondary N) is 1. The Labute approximate surface area is 186 Å². The zero-order valence-corrected chi connectivity index (χ0v) is 17.9. The second kappa shape index (κ2) is 8.30. The van der Waals surface area contributed by atoms with Crippen molar-refractivity contribution < 1.29 is 9.59 Å². The molecule has 2 amide bonds. The topological polar surface area (TPSA) is 66.7 Å².